The molecule has 0 spiro atoms. The largest absolute Gasteiger partial charge is 0.352 e. The summed E-state index contributed by atoms with van der Waals surface area (Å²) in [6, 6.07) is 2.92. The van der Waals surface area contributed by atoms with E-state index in [9.17, 15) is 9.59 Å². The number of hydrogen-bond acceptors (Lipinski definition) is 7. The van der Waals surface area contributed by atoms with Gasteiger partial charge in [-0.15, -0.1) is 0 Å². The number of aryl methyl sites for hydroxylation is 2. The molecule has 28 heavy (non-hydrogen) atoms. The molecule has 10 heteroatoms. The Hall–Kier alpha value is -3.30. The van der Waals surface area contributed by atoms with Gasteiger partial charge in [-0.2, -0.15) is 10.2 Å². The van der Waals surface area contributed by atoms with Gasteiger partial charge < -0.3 is 9.80 Å². The second-order valence-corrected chi connectivity index (χ2v) is 6.76. The third-order valence-electron chi connectivity index (χ3n) is 4.90. The average Bonchev–Trinajstić information content (AvgIpc) is 3.11. The van der Waals surface area contributed by atoms with Gasteiger partial charge in [0.15, 0.2) is 5.65 Å². The van der Waals surface area contributed by atoms with E-state index < -0.39 is 0 Å². The topological polar surface area (TPSA) is 102 Å². The van der Waals surface area contributed by atoms with Gasteiger partial charge >= 0.3 is 0 Å². The van der Waals surface area contributed by atoms with Gasteiger partial charge in [-0.05, 0) is 12.5 Å². The summed E-state index contributed by atoms with van der Waals surface area (Å²) in [6.45, 7) is 4.89. The molecule has 0 saturated carbocycles. The smallest absolute Gasteiger partial charge is 0.274 e. The number of fused-ring (bicyclic) bond motifs is 1. The van der Waals surface area contributed by atoms with E-state index in [4.69, 9.17) is 0 Å². The maximum Gasteiger partial charge on any atom is 0.274 e. The highest BCUT2D eigenvalue weighted by Crippen LogP contribution is 2.23. The van der Waals surface area contributed by atoms with Crippen LogP contribution in [-0.4, -0.2) is 66.5 Å². The van der Waals surface area contributed by atoms with Gasteiger partial charge in [0.25, 0.3) is 11.5 Å². The zero-order chi connectivity index (χ0) is 19.7. The molecule has 0 aliphatic carbocycles. The van der Waals surface area contributed by atoms with Gasteiger partial charge in [-0.25, -0.2) is 14.6 Å². The Kier molecular flexibility index (Phi) is 4.76. The molecular formula is C18H22N8O2. The molecule has 0 unspecified atom stereocenters. The lowest BCUT2D eigenvalue weighted by Crippen LogP contribution is -2.49. The summed E-state index contributed by atoms with van der Waals surface area (Å²) < 4.78 is 3.07. The number of carbonyl (C=O) groups is 1. The number of aromatic nitrogens is 6. The fraction of sp³-hybridized carbons (Fsp3) is 0.444. The average molecular weight is 382 g/mol. The molecule has 4 rings (SSSR count). The quantitative estimate of drug-likeness (QED) is 0.639. The van der Waals surface area contributed by atoms with E-state index in [1.807, 2.05) is 14.0 Å². The number of piperazine rings is 1. The van der Waals surface area contributed by atoms with Gasteiger partial charge in [0.05, 0.1) is 11.6 Å². The van der Waals surface area contributed by atoms with E-state index in [1.165, 1.54) is 23.1 Å². The van der Waals surface area contributed by atoms with E-state index in [2.05, 4.69) is 25.1 Å². The van der Waals surface area contributed by atoms with Crippen LogP contribution in [0.5, 0.6) is 0 Å². The standard InChI is InChI=1S/C18H22N8O2/c1-3-6-26-15(27)5-4-14(22-26)18(28)25-9-7-24(8-10-25)17-13-11-21-23(2)16(13)19-12-20-17/h4-5,11-12H,3,6-10H2,1-2H3. The number of anilines is 1. The Morgan fingerprint density at radius 1 is 1.14 bits per heavy atom. The Labute approximate surface area is 161 Å². The van der Waals surface area contributed by atoms with E-state index in [0.29, 0.717) is 38.4 Å². The van der Waals surface area contributed by atoms with Crippen molar-refractivity contribution < 1.29 is 4.79 Å². The van der Waals surface area contributed by atoms with Crippen molar-refractivity contribution in [1.82, 2.24) is 34.4 Å². The van der Waals surface area contributed by atoms with Crippen molar-refractivity contribution in [2.75, 3.05) is 31.1 Å². The number of carbonyl (C=O) groups excluding carboxylic acids is 1. The van der Waals surface area contributed by atoms with E-state index in [0.717, 1.165) is 23.3 Å². The summed E-state index contributed by atoms with van der Waals surface area (Å²) in [4.78, 5) is 37.2. The lowest BCUT2D eigenvalue weighted by molar-refractivity contribution is 0.0737. The molecule has 1 fully saturated rings. The molecule has 3 aromatic heterocycles. The molecule has 0 N–H and O–H groups in total. The minimum Gasteiger partial charge on any atom is -0.352 e. The zero-order valence-corrected chi connectivity index (χ0v) is 15.9. The van der Waals surface area contributed by atoms with Gasteiger partial charge in [-0.3, -0.25) is 14.3 Å². The first-order valence-corrected chi connectivity index (χ1v) is 9.33. The fourth-order valence-corrected chi connectivity index (χ4v) is 3.42. The Balaban J connectivity index is 1.49. The predicted molar refractivity (Wildman–Crippen MR) is 103 cm³/mol. The molecule has 4 heterocycles. The lowest BCUT2D eigenvalue weighted by atomic mass is 10.2. The molecule has 1 aliphatic heterocycles. The van der Waals surface area contributed by atoms with Crippen molar-refractivity contribution in [3.8, 4) is 0 Å². The first-order chi connectivity index (χ1) is 13.6. The van der Waals surface area contributed by atoms with E-state index in [-0.39, 0.29) is 11.5 Å². The number of nitrogens with zero attached hydrogens (tertiary/aromatic N) is 8. The minimum absolute atomic E-state index is 0.154. The summed E-state index contributed by atoms with van der Waals surface area (Å²) >= 11 is 0. The Bertz CT molecular complexity index is 1060. The zero-order valence-electron chi connectivity index (χ0n) is 15.9. The summed E-state index contributed by atoms with van der Waals surface area (Å²) in [5, 5.41) is 9.38. The summed E-state index contributed by atoms with van der Waals surface area (Å²) in [7, 11) is 1.85. The highest BCUT2D eigenvalue weighted by atomic mass is 16.2. The Morgan fingerprint density at radius 2 is 1.93 bits per heavy atom. The van der Waals surface area contributed by atoms with E-state index >= 15 is 0 Å². The van der Waals surface area contributed by atoms with E-state index in [1.54, 1.807) is 15.8 Å². The van der Waals surface area contributed by atoms with Crippen LogP contribution in [0.3, 0.4) is 0 Å². The summed E-state index contributed by atoms with van der Waals surface area (Å²) in [5.41, 5.74) is 0.900. The minimum atomic E-state index is -0.188. The van der Waals surface area contributed by atoms with Crippen LogP contribution in [0, 0.1) is 0 Å². The second-order valence-electron chi connectivity index (χ2n) is 6.76. The highest BCUT2D eigenvalue weighted by Gasteiger charge is 2.25. The normalized spacial score (nSPS) is 14.6. The van der Waals surface area contributed by atoms with Crippen molar-refractivity contribution in [2.45, 2.75) is 19.9 Å². The molecule has 146 valence electrons. The molecule has 1 aliphatic rings. The third kappa shape index (κ3) is 3.21. The molecule has 0 bridgehead atoms. The van der Waals surface area contributed by atoms with Crippen LogP contribution < -0.4 is 10.5 Å². The summed E-state index contributed by atoms with van der Waals surface area (Å²) in [5.74, 6) is 0.679. The molecule has 0 atom stereocenters. The van der Waals surface area contributed by atoms with Crippen LogP contribution in [0.15, 0.2) is 29.5 Å². The third-order valence-corrected chi connectivity index (χ3v) is 4.90. The van der Waals surface area contributed by atoms with Crippen LogP contribution in [-0.2, 0) is 13.6 Å². The number of hydrogen-bond donors (Lipinski definition) is 0. The first kappa shape index (κ1) is 18.1. The molecular weight excluding hydrogens is 360 g/mol. The van der Waals surface area contributed by atoms with Crippen LogP contribution in [0.1, 0.15) is 23.8 Å². The number of rotatable bonds is 4. The van der Waals surface area contributed by atoms with Crippen LogP contribution in [0.25, 0.3) is 11.0 Å². The van der Waals surface area contributed by atoms with Crippen molar-refractivity contribution in [3.05, 3.63) is 40.7 Å². The molecule has 10 nitrogen and oxygen atoms in total. The molecule has 1 saturated heterocycles. The van der Waals surface area contributed by atoms with Gasteiger partial charge in [-0.1, -0.05) is 6.92 Å². The number of amides is 1. The summed E-state index contributed by atoms with van der Waals surface area (Å²) in [6.07, 6.45) is 4.09. The van der Waals surface area contributed by atoms with Gasteiger partial charge in [0, 0.05) is 45.8 Å². The second kappa shape index (κ2) is 7.37. The Morgan fingerprint density at radius 3 is 2.68 bits per heavy atom. The lowest BCUT2D eigenvalue weighted by Gasteiger charge is -2.35. The first-order valence-electron chi connectivity index (χ1n) is 9.33. The SMILES string of the molecule is CCCn1nc(C(=O)N2CCN(c3ncnc4c3cnn4C)CC2)ccc1=O. The highest BCUT2D eigenvalue weighted by molar-refractivity contribution is 5.92. The molecule has 0 aromatic carbocycles. The van der Waals surface area contributed by atoms with Crippen LogP contribution in [0.4, 0.5) is 5.82 Å². The monoisotopic (exact) mass is 382 g/mol. The molecule has 0 radical (unpaired) electrons. The van der Waals surface area contributed by atoms with Crippen molar-refractivity contribution in [3.63, 3.8) is 0 Å². The van der Waals surface area contributed by atoms with Crippen molar-refractivity contribution in [1.29, 1.82) is 0 Å². The van der Waals surface area contributed by atoms with Gasteiger partial charge in [0.2, 0.25) is 0 Å². The van der Waals surface area contributed by atoms with Gasteiger partial charge in [0.1, 0.15) is 17.8 Å². The molecule has 1 amide bonds. The van der Waals surface area contributed by atoms with Crippen molar-refractivity contribution in [2.24, 2.45) is 7.05 Å². The predicted octanol–water partition coefficient (Wildman–Crippen LogP) is 0.292. The van der Waals surface area contributed by atoms with Crippen LogP contribution in [0.2, 0.25) is 0 Å². The van der Waals surface area contributed by atoms with Crippen molar-refractivity contribution >= 4 is 22.8 Å². The maximum atomic E-state index is 12.8. The fourth-order valence-electron chi connectivity index (χ4n) is 3.42. The van der Waals surface area contributed by atoms with Crippen LogP contribution >= 0.6 is 0 Å². The molecule has 3 aromatic rings. The maximum absolute atomic E-state index is 12.8.